The van der Waals surface area contributed by atoms with Crippen LogP contribution in [0.25, 0.3) is 6.08 Å². The molecule has 0 saturated heterocycles. The Hall–Kier alpha value is -2.00. The number of amides is 1. The van der Waals surface area contributed by atoms with Crippen molar-refractivity contribution in [1.29, 1.82) is 0 Å². The van der Waals surface area contributed by atoms with Gasteiger partial charge in [0.15, 0.2) is 0 Å². The maximum absolute atomic E-state index is 11.6. The standard InChI is InChI=1S/C14H13ClN2O/c15-13-4-2-1-3-12(13)5-6-14(18)17-10-11-7-8-16-9-11/h1-9,16H,10H2,(H,17,18)/b6-5+. The molecule has 0 aliphatic heterocycles. The lowest BCUT2D eigenvalue weighted by atomic mass is 10.2. The molecule has 0 aliphatic rings. The third kappa shape index (κ3) is 3.50. The van der Waals surface area contributed by atoms with E-state index >= 15 is 0 Å². The minimum Gasteiger partial charge on any atom is -0.367 e. The summed E-state index contributed by atoms with van der Waals surface area (Å²) in [6.45, 7) is 0.509. The van der Waals surface area contributed by atoms with Gasteiger partial charge in [0.25, 0.3) is 0 Å². The Kier molecular flexibility index (Phi) is 4.20. The van der Waals surface area contributed by atoms with Crippen molar-refractivity contribution in [2.24, 2.45) is 0 Å². The number of halogens is 1. The lowest BCUT2D eigenvalue weighted by Crippen LogP contribution is -2.19. The highest BCUT2D eigenvalue weighted by atomic mass is 35.5. The summed E-state index contributed by atoms with van der Waals surface area (Å²) < 4.78 is 0. The third-order valence-corrected chi connectivity index (χ3v) is 2.79. The number of hydrogen-bond donors (Lipinski definition) is 2. The predicted molar refractivity (Wildman–Crippen MR) is 73.1 cm³/mol. The number of benzene rings is 1. The van der Waals surface area contributed by atoms with Crippen molar-refractivity contribution in [3.05, 3.63) is 65.0 Å². The van der Waals surface area contributed by atoms with Gasteiger partial charge in [-0.1, -0.05) is 29.8 Å². The number of H-pyrrole nitrogens is 1. The number of aromatic nitrogens is 1. The van der Waals surface area contributed by atoms with Crippen molar-refractivity contribution in [2.45, 2.75) is 6.54 Å². The van der Waals surface area contributed by atoms with Gasteiger partial charge in [-0.3, -0.25) is 4.79 Å². The first-order valence-electron chi connectivity index (χ1n) is 5.58. The fourth-order valence-electron chi connectivity index (χ4n) is 1.49. The minimum absolute atomic E-state index is 0.142. The average Bonchev–Trinajstić information content (AvgIpc) is 2.88. The molecule has 0 fully saturated rings. The normalized spacial score (nSPS) is 10.7. The molecule has 0 atom stereocenters. The minimum atomic E-state index is -0.142. The SMILES string of the molecule is O=C(/C=C/c1ccccc1Cl)NCc1cc[nH]c1. The molecule has 1 heterocycles. The van der Waals surface area contributed by atoms with Crippen LogP contribution in [0.1, 0.15) is 11.1 Å². The molecule has 2 aromatic rings. The molecule has 0 saturated carbocycles. The van der Waals surface area contributed by atoms with Gasteiger partial charge in [-0.2, -0.15) is 0 Å². The molecule has 3 nitrogen and oxygen atoms in total. The first kappa shape index (κ1) is 12.5. The van der Waals surface area contributed by atoms with Crippen LogP contribution in [0.4, 0.5) is 0 Å². The molecule has 0 radical (unpaired) electrons. The molecule has 0 spiro atoms. The van der Waals surface area contributed by atoms with E-state index in [-0.39, 0.29) is 5.91 Å². The van der Waals surface area contributed by atoms with Gasteiger partial charge in [-0.05, 0) is 29.3 Å². The van der Waals surface area contributed by atoms with Gasteiger partial charge in [-0.15, -0.1) is 0 Å². The van der Waals surface area contributed by atoms with Gasteiger partial charge in [0, 0.05) is 30.0 Å². The Morgan fingerprint density at radius 3 is 2.89 bits per heavy atom. The van der Waals surface area contributed by atoms with Crippen molar-refractivity contribution >= 4 is 23.6 Å². The van der Waals surface area contributed by atoms with Gasteiger partial charge in [-0.25, -0.2) is 0 Å². The number of aromatic amines is 1. The number of rotatable bonds is 4. The molecule has 4 heteroatoms. The Balaban J connectivity index is 1.89. The van der Waals surface area contributed by atoms with E-state index in [0.29, 0.717) is 11.6 Å². The molecule has 2 N–H and O–H groups in total. The zero-order chi connectivity index (χ0) is 12.8. The Labute approximate surface area is 110 Å². The largest absolute Gasteiger partial charge is 0.367 e. The van der Waals surface area contributed by atoms with E-state index in [1.807, 2.05) is 36.7 Å². The summed E-state index contributed by atoms with van der Waals surface area (Å²) >= 11 is 5.98. The van der Waals surface area contributed by atoms with Crippen molar-refractivity contribution in [1.82, 2.24) is 10.3 Å². The van der Waals surface area contributed by atoms with Crippen LogP contribution in [0, 0.1) is 0 Å². The van der Waals surface area contributed by atoms with Crippen molar-refractivity contribution in [3.63, 3.8) is 0 Å². The van der Waals surface area contributed by atoms with E-state index in [2.05, 4.69) is 10.3 Å². The van der Waals surface area contributed by atoms with E-state index in [0.717, 1.165) is 11.1 Å². The molecule has 1 amide bonds. The van der Waals surface area contributed by atoms with Crippen molar-refractivity contribution < 1.29 is 4.79 Å². The maximum Gasteiger partial charge on any atom is 0.244 e. The summed E-state index contributed by atoms with van der Waals surface area (Å²) in [6.07, 6.45) is 6.85. The summed E-state index contributed by atoms with van der Waals surface area (Å²) in [7, 11) is 0. The molecule has 0 aliphatic carbocycles. The summed E-state index contributed by atoms with van der Waals surface area (Å²) in [5.74, 6) is -0.142. The molecule has 2 rings (SSSR count). The van der Waals surface area contributed by atoms with Crippen LogP contribution in [-0.4, -0.2) is 10.9 Å². The summed E-state index contributed by atoms with van der Waals surface area (Å²) in [5, 5.41) is 3.42. The molecule has 1 aromatic carbocycles. The Bertz CT molecular complexity index is 547. The van der Waals surface area contributed by atoms with Gasteiger partial charge in [0.2, 0.25) is 5.91 Å². The highest BCUT2D eigenvalue weighted by Crippen LogP contribution is 2.15. The van der Waals surface area contributed by atoms with Gasteiger partial charge >= 0.3 is 0 Å². The lowest BCUT2D eigenvalue weighted by molar-refractivity contribution is -0.116. The fraction of sp³-hybridized carbons (Fsp3) is 0.0714. The van der Waals surface area contributed by atoms with E-state index in [4.69, 9.17) is 11.6 Å². The van der Waals surface area contributed by atoms with Gasteiger partial charge in [0.1, 0.15) is 0 Å². The summed E-state index contributed by atoms with van der Waals surface area (Å²) in [4.78, 5) is 14.5. The molecule has 0 unspecified atom stereocenters. The van der Waals surface area contributed by atoms with Crippen molar-refractivity contribution in [3.8, 4) is 0 Å². The van der Waals surface area contributed by atoms with Crippen LogP contribution in [-0.2, 0) is 11.3 Å². The second-order valence-electron chi connectivity index (χ2n) is 3.79. The highest BCUT2D eigenvalue weighted by molar-refractivity contribution is 6.32. The number of carbonyl (C=O) groups excluding carboxylic acids is 1. The van der Waals surface area contributed by atoms with E-state index in [1.54, 1.807) is 12.1 Å². The van der Waals surface area contributed by atoms with E-state index in [9.17, 15) is 4.79 Å². The highest BCUT2D eigenvalue weighted by Gasteiger charge is 1.98. The second kappa shape index (κ2) is 6.07. The lowest BCUT2D eigenvalue weighted by Gasteiger charge is -2.00. The number of carbonyl (C=O) groups is 1. The summed E-state index contributed by atoms with van der Waals surface area (Å²) in [6, 6.07) is 9.30. The van der Waals surface area contributed by atoms with E-state index < -0.39 is 0 Å². The molecule has 0 bridgehead atoms. The van der Waals surface area contributed by atoms with Crippen LogP contribution in [0.3, 0.4) is 0 Å². The maximum atomic E-state index is 11.6. The number of nitrogens with one attached hydrogen (secondary N) is 2. The Morgan fingerprint density at radius 2 is 2.17 bits per heavy atom. The average molecular weight is 261 g/mol. The first-order chi connectivity index (χ1) is 8.75. The topological polar surface area (TPSA) is 44.9 Å². The van der Waals surface area contributed by atoms with Gasteiger partial charge < -0.3 is 10.3 Å². The predicted octanol–water partition coefficient (Wildman–Crippen LogP) is 3.00. The molecular formula is C14H13ClN2O. The zero-order valence-electron chi connectivity index (χ0n) is 9.69. The second-order valence-corrected chi connectivity index (χ2v) is 4.20. The Morgan fingerprint density at radius 1 is 1.33 bits per heavy atom. The van der Waals surface area contributed by atoms with Crippen LogP contribution in [0.5, 0.6) is 0 Å². The van der Waals surface area contributed by atoms with Crippen LogP contribution < -0.4 is 5.32 Å². The molecule has 18 heavy (non-hydrogen) atoms. The number of hydrogen-bond acceptors (Lipinski definition) is 1. The monoisotopic (exact) mass is 260 g/mol. The molecular weight excluding hydrogens is 248 g/mol. The fourth-order valence-corrected chi connectivity index (χ4v) is 1.69. The molecule has 92 valence electrons. The van der Waals surface area contributed by atoms with Gasteiger partial charge in [0.05, 0.1) is 0 Å². The molecule has 1 aromatic heterocycles. The van der Waals surface area contributed by atoms with Crippen molar-refractivity contribution in [2.75, 3.05) is 0 Å². The third-order valence-electron chi connectivity index (χ3n) is 2.45. The van der Waals surface area contributed by atoms with E-state index in [1.165, 1.54) is 6.08 Å². The van der Waals surface area contributed by atoms with Crippen LogP contribution in [0.2, 0.25) is 5.02 Å². The summed E-state index contributed by atoms with van der Waals surface area (Å²) in [5.41, 5.74) is 1.87. The first-order valence-corrected chi connectivity index (χ1v) is 5.95. The quantitative estimate of drug-likeness (QED) is 0.816. The van der Waals surface area contributed by atoms with Crippen LogP contribution in [0.15, 0.2) is 48.8 Å². The van der Waals surface area contributed by atoms with Crippen LogP contribution >= 0.6 is 11.6 Å². The zero-order valence-corrected chi connectivity index (χ0v) is 10.4. The smallest absolute Gasteiger partial charge is 0.244 e.